The molecule has 144 valence electrons. The van der Waals surface area contributed by atoms with Gasteiger partial charge in [-0.3, -0.25) is 9.59 Å². The number of quaternary nitrogens is 1. The number of carbonyl (C=O) groups excluding carboxylic acids is 2. The van der Waals surface area contributed by atoms with E-state index in [1.165, 1.54) is 0 Å². The van der Waals surface area contributed by atoms with Gasteiger partial charge < -0.3 is 15.5 Å². The van der Waals surface area contributed by atoms with Gasteiger partial charge in [-0.05, 0) is 42.8 Å². The highest BCUT2D eigenvalue weighted by Crippen LogP contribution is 2.33. The van der Waals surface area contributed by atoms with Crippen LogP contribution in [0.25, 0.3) is 0 Å². The summed E-state index contributed by atoms with van der Waals surface area (Å²) >= 11 is 7.49. The Hall–Kier alpha value is -2.02. The van der Waals surface area contributed by atoms with E-state index in [1.54, 1.807) is 11.8 Å². The first kappa shape index (κ1) is 21.3. The van der Waals surface area contributed by atoms with Crippen molar-refractivity contribution in [2.75, 3.05) is 32.0 Å². The monoisotopic (exact) mass is 406 g/mol. The van der Waals surface area contributed by atoms with Crippen LogP contribution in [0.2, 0.25) is 5.02 Å². The van der Waals surface area contributed by atoms with Crippen molar-refractivity contribution in [3.05, 3.63) is 53.6 Å². The zero-order valence-corrected chi connectivity index (χ0v) is 17.1. The van der Waals surface area contributed by atoms with Crippen LogP contribution in [0.15, 0.2) is 58.3 Å². The van der Waals surface area contributed by atoms with Gasteiger partial charge >= 0.3 is 0 Å². The number of para-hydroxylation sites is 1. The molecule has 3 N–H and O–H groups in total. The number of hydrogen-bond donors (Lipinski definition) is 3. The second kappa shape index (κ2) is 11.0. The lowest BCUT2D eigenvalue weighted by Gasteiger charge is -2.15. The molecule has 2 amide bonds. The fraction of sp³-hybridized carbons (Fsp3) is 0.300. The molecule has 2 rings (SSSR count). The van der Waals surface area contributed by atoms with E-state index in [0.29, 0.717) is 11.6 Å². The van der Waals surface area contributed by atoms with Gasteiger partial charge in [0.15, 0.2) is 13.1 Å². The number of hydrogen-bond acceptors (Lipinski definition) is 3. The summed E-state index contributed by atoms with van der Waals surface area (Å²) in [5.74, 6) is -0.166. The van der Waals surface area contributed by atoms with Gasteiger partial charge in [0.2, 0.25) is 0 Å². The van der Waals surface area contributed by atoms with Gasteiger partial charge in [-0.25, -0.2) is 0 Å². The molecule has 5 nitrogen and oxygen atoms in total. The minimum atomic E-state index is -0.125. The molecule has 0 spiro atoms. The molecule has 0 radical (unpaired) electrons. The zero-order chi connectivity index (χ0) is 19.6. The normalized spacial score (nSPS) is 11.7. The topological polar surface area (TPSA) is 62.6 Å². The van der Waals surface area contributed by atoms with E-state index in [4.69, 9.17) is 11.6 Å². The van der Waals surface area contributed by atoms with Crippen molar-refractivity contribution in [2.24, 2.45) is 0 Å². The summed E-state index contributed by atoms with van der Waals surface area (Å²) in [6.45, 7) is 3.16. The molecular weight excluding hydrogens is 382 g/mol. The van der Waals surface area contributed by atoms with Gasteiger partial charge in [0, 0.05) is 21.4 Å². The number of halogens is 1. The molecule has 0 saturated carbocycles. The van der Waals surface area contributed by atoms with E-state index < -0.39 is 0 Å². The van der Waals surface area contributed by atoms with Crippen LogP contribution in [0.5, 0.6) is 0 Å². The molecule has 0 saturated heterocycles. The summed E-state index contributed by atoms with van der Waals surface area (Å²) < 4.78 is 0. The van der Waals surface area contributed by atoms with E-state index >= 15 is 0 Å². The van der Waals surface area contributed by atoms with Crippen LogP contribution >= 0.6 is 23.4 Å². The lowest BCUT2D eigenvalue weighted by atomic mass is 10.3. The zero-order valence-electron chi connectivity index (χ0n) is 15.5. The summed E-state index contributed by atoms with van der Waals surface area (Å²) in [5, 5.41) is 6.46. The molecule has 0 aromatic heterocycles. The van der Waals surface area contributed by atoms with Crippen molar-refractivity contribution in [1.82, 2.24) is 5.32 Å². The standard InChI is InChI=1S/C20H24ClN3O2S/c1-3-12-22-19(25)13-24(2)14-20(26)23-17-6-4-5-7-18(17)27-16-10-8-15(21)9-11-16/h4-11H,3,12-14H2,1-2H3,(H,22,25)(H,23,26)/p+1. The molecule has 0 aliphatic carbocycles. The third-order valence-corrected chi connectivity index (χ3v) is 5.04. The largest absolute Gasteiger partial charge is 0.351 e. The molecule has 0 fully saturated rings. The van der Waals surface area contributed by atoms with E-state index in [2.05, 4.69) is 10.6 Å². The molecule has 2 aromatic rings. The smallest absolute Gasteiger partial charge is 0.279 e. The summed E-state index contributed by atoms with van der Waals surface area (Å²) in [7, 11) is 1.83. The van der Waals surface area contributed by atoms with Crippen LogP contribution < -0.4 is 15.5 Å². The first-order valence-corrected chi connectivity index (χ1v) is 10.1. The van der Waals surface area contributed by atoms with Crippen molar-refractivity contribution < 1.29 is 14.5 Å². The van der Waals surface area contributed by atoms with Gasteiger partial charge in [-0.15, -0.1) is 0 Å². The molecular formula is C20H25ClN3O2S+. The molecule has 0 aliphatic rings. The SMILES string of the molecule is CCCNC(=O)C[NH+](C)CC(=O)Nc1ccccc1Sc1ccc(Cl)cc1. The van der Waals surface area contributed by atoms with Crippen molar-refractivity contribution in [2.45, 2.75) is 23.1 Å². The van der Waals surface area contributed by atoms with Crippen LogP contribution in [0.4, 0.5) is 5.69 Å². The van der Waals surface area contributed by atoms with Crippen molar-refractivity contribution in [3.63, 3.8) is 0 Å². The maximum Gasteiger partial charge on any atom is 0.279 e. The Labute approximate surface area is 169 Å². The van der Waals surface area contributed by atoms with E-state index in [1.807, 2.05) is 62.5 Å². The summed E-state index contributed by atoms with van der Waals surface area (Å²) in [5.41, 5.74) is 0.755. The lowest BCUT2D eigenvalue weighted by Crippen LogP contribution is -3.11. The fourth-order valence-electron chi connectivity index (χ4n) is 2.42. The van der Waals surface area contributed by atoms with Gasteiger partial charge in [-0.2, -0.15) is 0 Å². The quantitative estimate of drug-likeness (QED) is 0.599. The summed E-state index contributed by atoms with van der Waals surface area (Å²) in [6.07, 6.45) is 0.896. The van der Waals surface area contributed by atoms with Gasteiger partial charge in [-0.1, -0.05) is 42.4 Å². The average Bonchev–Trinajstić information content (AvgIpc) is 2.63. The fourth-order valence-corrected chi connectivity index (χ4v) is 3.45. The highest BCUT2D eigenvalue weighted by molar-refractivity contribution is 7.99. The number of benzene rings is 2. The number of rotatable bonds is 9. The number of likely N-dealkylation sites (N-methyl/N-ethyl adjacent to an activating group) is 1. The Balaban J connectivity index is 1.93. The maximum atomic E-state index is 12.4. The van der Waals surface area contributed by atoms with Crippen molar-refractivity contribution in [3.8, 4) is 0 Å². The Bertz CT molecular complexity index is 768. The summed E-state index contributed by atoms with van der Waals surface area (Å²) in [4.78, 5) is 27.0. The number of anilines is 1. The van der Waals surface area contributed by atoms with E-state index in [9.17, 15) is 9.59 Å². The maximum absolute atomic E-state index is 12.4. The van der Waals surface area contributed by atoms with Gasteiger partial charge in [0.1, 0.15) is 0 Å². The number of nitrogens with one attached hydrogen (secondary N) is 3. The lowest BCUT2D eigenvalue weighted by molar-refractivity contribution is -0.862. The van der Waals surface area contributed by atoms with Gasteiger partial charge in [0.25, 0.3) is 11.8 Å². The molecule has 7 heteroatoms. The Morgan fingerprint density at radius 1 is 1.04 bits per heavy atom. The average molecular weight is 407 g/mol. The van der Waals surface area contributed by atoms with Crippen molar-refractivity contribution >= 4 is 40.9 Å². The molecule has 0 bridgehead atoms. The second-order valence-electron chi connectivity index (χ2n) is 6.26. The molecule has 1 atom stereocenters. The third-order valence-electron chi connectivity index (χ3n) is 3.70. The minimum Gasteiger partial charge on any atom is -0.351 e. The van der Waals surface area contributed by atoms with E-state index in [0.717, 1.165) is 26.8 Å². The van der Waals surface area contributed by atoms with Crippen LogP contribution in [-0.4, -0.2) is 38.5 Å². The highest BCUT2D eigenvalue weighted by Gasteiger charge is 2.15. The van der Waals surface area contributed by atoms with Crippen LogP contribution in [0.3, 0.4) is 0 Å². The molecule has 1 unspecified atom stereocenters. The van der Waals surface area contributed by atoms with E-state index in [-0.39, 0.29) is 24.9 Å². The predicted molar refractivity (Wildman–Crippen MR) is 111 cm³/mol. The van der Waals surface area contributed by atoms with Crippen molar-refractivity contribution in [1.29, 1.82) is 0 Å². The van der Waals surface area contributed by atoms with Crippen LogP contribution in [0.1, 0.15) is 13.3 Å². The Kier molecular flexibility index (Phi) is 8.64. The third kappa shape index (κ3) is 7.62. The number of carbonyl (C=O) groups is 2. The van der Waals surface area contributed by atoms with Crippen LogP contribution in [0, 0.1) is 0 Å². The summed E-state index contributed by atoms with van der Waals surface area (Å²) in [6, 6.07) is 15.2. The number of amides is 2. The predicted octanol–water partition coefficient (Wildman–Crippen LogP) is 2.47. The molecule has 0 heterocycles. The first-order chi connectivity index (χ1) is 13.0. The molecule has 2 aromatic carbocycles. The molecule has 0 aliphatic heterocycles. The first-order valence-electron chi connectivity index (χ1n) is 8.88. The Morgan fingerprint density at radius 2 is 1.70 bits per heavy atom. The Morgan fingerprint density at radius 3 is 2.41 bits per heavy atom. The van der Waals surface area contributed by atoms with Gasteiger partial charge in [0.05, 0.1) is 12.7 Å². The minimum absolute atomic E-state index is 0.0409. The second-order valence-corrected chi connectivity index (χ2v) is 7.81. The van der Waals surface area contributed by atoms with Crippen LogP contribution in [-0.2, 0) is 9.59 Å². The highest BCUT2D eigenvalue weighted by atomic mass is 35.5. The molecule has 27 heavy (non-hydrogen) atoms.